The molecular weight excluding hydrogens is 297 g/mol. The zero-order chi connectivity index (χ0) is 14.1. The van der Waals surface area contributed by atoms with Crippen molar-refractivity contribution in [3.63, 3.8) is 0 Å². The Balaban J connectivity index is 2.20. The van der Waals surface area contributed by atoms with Crippen molar-refractivity contribution < 1.29 is 0 Å². The van der Waals surface area contributed by atoms with Crippen molar-refractivity contribution in [1.82, 2.24) is 19.7 Å². The van der Waals surface area contributed by atoms with Crippen LogP contribution in [-0.4, -0.2) is 26.3 Å². The van der Waals surface area contributed by atoms with Gasteiger partial charge in [-0.05, 0) is 42.8 Å². The Labute approximate surface area is 125 Å². The fourth-order valence-corrected chi connectivity index (χ4v) is 2.25. The normalized spacial score (nSPS) is 10.9. The topological polar surface area (TPSA) is 55.6 Å². The molecule has 0 aliphatic rings. The number of fused-ring (bicyclic) bond motifs is 1. The predicted octanol–water partition coefficient (Wildman–Crippen LogP) is 3.55. The molecule has 3 aromatic rings. The van der Waals surface area contributed by atoms with Gasteiger partial charge in [-0.2, -0.15) is 15.1 Å². The minimum absolute atomic E-state index is 0.184. The molecule has 2 aromatic heterocycles. The number of rotatable bonds is 3. The summed E-state index contributed by atoms with van der Waals surface area (Å²) >= 11 is 11.9. The highest BCUT2D eigenvalue weighted by molar-refractivity contribution is 6.30. The van der Waals surface area contributed by atoms with Crippen LogP contribution < -0.4 is 5.32 Å². The van der Waals surface area contributed by atoms with E-state index in [0.29, 0.717) is 16.5 Å². The van der Waals surface area contributed by atoms with E-state index in [1.807, 2.05) is 19.1 Å². The largest absolute Gasteiger partial charge is 0.370 e. The first-order chi connectivity index (χ1) is 9.69. The van der Waals surface area contributed by atoms with Gasteiger partial charge in [-0.25, -0.2) is 4.68 Å². The predicted molar refractivity (Wildman–Crippen MR) is 80.8 cm³/mol. The van der Waals surface area contributed by atoms with Gasteiger partial charge >= 0.3 is 0 Å². The van der Waals surface area contributed by atoms with Crippen LogP contribution in [0.25, 0.3) is 16.7 Å². The number of benzene rings is 1. The first-order valence-electron chi connectivity index (χ1n) is 6.10. The summed E-state index contributed by atoms with van der Waals surface area (Å²) in [6.45, 7) is 2.74. The second kappa shape index (κ2) is 5.26. The molecule has 5 nitrogen and oxygen atoms in total. The van der Waals surface area contributed by atoms with Gasteiger partial charge in [0.1, 0.15) is 5.82 Å². The monoisotopic (exact) mass is 307 g/mol. The van der Waals surface area contributed by atoms with Crippen LogP contribution in [0.2, 0.25) is 10.3 Å². The molecule has 1 aromatic carbocycles. The summed E-state index contributed by atoms with van der Waals surface area (Å²) in [6.07, 6.45) is 1.72. The number of halogens is 2. The molecular formula is C13H11Cl2N5. The van der Waals surface area contributed by atoms with E-state index in [-0.39, 0.29) is 5.28 Å². The Kier molecular flexibility index (Phi) is 3.46. The fraction of sp³-hybridized carbons (Fsp3) is 0.154. The Morgan fingerprint density at radius 2 is 1.90 bits per heavy atom. The second-order valence-corrected chi connectivity index (χ2v) is 4.92. The van der Waals surface area contributed by atoms with E-state index >= 15 is 0 Å². The summed E-state index contributed by atoms with van der Waals surface area (Å²) < 4.78 is 1.71. The van der Waals surface area contributed by atoms with Gasteiger partial charge in [-0.15, -0.1) is 0 Å². The average Bonchev–Trinajstić information content (AvgIpc) is 2.84. The van der Waals surface area contributed by atoms with E-state index in [1.54, 1.807) is 23.0 Å². The summed E-state index contributed by atoms with van der Waals surface area (Å²) in [5.41, 5.74) is 1.52. The summed E-state index contributed by atoms with van der Waals surface area (Å²) in [5.74, 6) is 0.683. The average molecular weight is 308 g/mol. The zero-order valence-electron chi connectivity index (χ0n) is 10.6. The van der Waals surface area contributed by atoms with Crippen LogP contribution in [0.1, 0.15) is 6.92 Å². The van der Waals surface area contributed by atoms with E-state index in [4.69, 9.17) is 23.2 Å². The van der Waals surface area contributed by atoms with Crippen LogP contribution in [0.15, 0.2) is 30.5 Å². The molecule has 0 saturated carbocycles. The van der Waals surface area contributed by atoms with Gasteiger partial charge in [0.15, 0.2) is 5.65 Å². The molecule has 3 rings (SSSR count). The summed E-state index contributed by atoms with van der Waals surface area (Å²) in [4.78, 5) is 8.44. The van der Waals surface area contributed by atoms with Crippen LogP contribution in [-0.2, 0) is 0 Å². The number of nitrogens with one attached hydrogen (secondary N) is 1. The third-order valence-corrected chi connectivity index (χ3v) is 3.24. The lowest BCUT2D eigenvalue weighted by molar-refractivity contribution is 0.895. The van der Waals surface area contributed by atoms with Crippen molar-refractivity contribution in [3.05, 3.63) is 40.8 Å². The van der Waals surface area contributed by atoms with Gasteiger partial charge < -0.3 is 5.32 Å². The molecule has 0 aliphatic heterocycles. The lowest BCUT2D eigenvalue weighted by atomic mass is 10.3. The first-order valence-corrected chi connectivity index (χ1v) is 6.85. The number of nitrogens with zero attached hydrogens (tertiary/aromatic N) is 4. The maximum absolute atomic E-state index is 5.98. The summed E-state index contributed by atoms with van der Waals surface area (Å²) in [5, 5.41) is 9.19. The number of hydrogen-bond donors (Lipinski definition) is 1. The Hall–Kier alpha value is -1.85. The third kappa shape index (κ3) is 2.30. The smallest absolute Gasteiger partial charge is 0.226 e. The van der Waals surface area contributed by atoms with Crippen molar-refractivity contribution in [2.45, 2.75) is 6.92 Å². The molecule has 0 atom stereocenters. The van der Waals surface area contributed by atoms with Crippen molar-refractivity contribution in [3.8, 4) is 5.69 Å². The maximum atomic E-state index is 5.98. The molecule has 0 radical (unpaired) electrons. The fourth-order valence-electron chi connectivity index (χ4n) is 1.95. The van der Waals surface area contributed by atoms with E-state index in [0.717, 1.165) is 17.6 Å². The molecule has 2 heterocycles. The molecule has 0 aliphatic carbocycles. The van der Waals surface area contributed by atoms with Crippen molar-refractivity contribution in [2.75, 3.05) is 11.9 Å². The minimum atomic E-state index is 0.184. The lowest BCUT2D eigenvalue weighted by Crippen LogP contribution is -2.02. The summed E-state index contributed by atoms with van der Waals surface area (Å²) in [7, 11) is 0. The number of anilines is 1. The molecule has 1 N–H and O–H groups in total. The Morgan fingerprint density at radius 3 is 2.60 bits per heavy atom. The van der Waals surface area contributed by atoms with Crippen molar-refractivity contribution in [1.29, 1.82) is 0 Å². The van der Waals surface area contributed by atoms with E-state index < -0.39 is 0 Å². The molecule has 0 unspecified atom stereocenters. The summed E-state index contributed by atoms with van der Waals surface area (Å²) in [6, 6.07) is 7.35. The van der Waals surface area contributed by atoms with Crippen LogP contribution in [0, 0.1) is 0 Å². The van der Waals surface area contributed by atoms with Crippen LogP contribution in [0.3, 0.4) is 0 Å². The first kappa shape index (κ1) is 13.1. The number of aromatic nitrogens is 4. The standard InChI is InChI=1S/C13H11Cl2N5/c1-2-16-11-10-7-17-20(12(10)19-13(15)18-11)9-5-3-8(14)4-6-9/h3-7H,2H2,1H3,(H,16,18,19). The van der Waals surface area contributed by atoms with Gasteiger partial charge in [0, 0.05) is 11.6 Å². The molecule has 0 amide bonds. The zero-order valence-corrected chi connectivity index (χ0v) is 12.2. The van der Waals surface area contributed by atoms with Gasteiger partial charge in [0.2, 0.25) is 5.28 Å². The SMILES string of the molecule is CCNc1nc(Cl)nc2c1cnn2-c1ccc(Cl)cc1. The minimum Gasteiger partial charge on any atom is -0.370 e. The molecule has 20 heavy (non-hydrogen) atoms. The highest BCUT2D eigenvalue weighted by Gasteiger charge is 2.12. The van der Waals surface area contributed by atoms with Crippen LogP contribution in [0.5, 0.6) is 0 Å². The molecule has 0 spiro atoms. The molecule has 0 saturated heterocycles. The van der Waals surface area contributed by atoms with E-state index in [2.05, 4.69) is 20.4 Å². The van der Waals surface area contributed by atoms with Gasteiger partial charge in [0.25, 0.3) is 0 Å². The molecule has 102 valence electrons. The van der Waals surface area contributed by atoms with E-state index in [9.17, 15) is 0 Å². The van der Waals surface area contributed by atoms with Gasteiger partial charge in [-0.3, -0.25) is 0 Å². The molecule has 7 heteroatoms. The second-order valence-electron chi connectivity index (χ2n) is 4.14. The van der Waals surface area contributed by atoms with Crippen molar-refractivity contribution >= 4 is 40.1 Å². The Morgan fingerprint density at radius 1 is 1.15 bits per heavy atom. The van der Waals surface area contributed by atoms with E-state index in [1.165, 1.54) is 0 Å². The van der Waals surface area contributed by atoms with Crippen LogP contribution in [0.4, 0.5) is 5.82 Å². The highest BCUT2D eigenvalue weighted by atomic mass is 35.5. The van der Waals surface area contributed by atoms with Crippen LogP contribution >= 0.6 is 23.2 Å². The highest BCUT2D eigenvalue weighted by Crippen LogP contribution is 2.24. The van der Waals surface area contributed by atoms with Crippen molar-refractivity contribution in [2.24, 2.45) is 0 Å². The quantitative estimate of drug-likeness (QED) is 0.752. The number of hydrogen-bond acceptors (Lipinski definition) is 4. The molecule has 0 bridgehead atoms. The third-order valence-electron chi connectivity index (χ3n) is 2.82. The lowest BCUT2D eigenvalue weighted by Gasteiger charge is -2.06. The Bertz CT molecular complexity index is 751. The van der Waals surface area contributed by atoms with Gasteiger partial charge in [0.05, 0.1) is 17.3 Å². The van der Waals surface area contributed by atoms with Gasteiger partial charge in [-0.1, -0.05) is 11.6 Å². The maximum Gasteiger partial charge on any atom is 0.226 e. The molecule has 0 fully saturated rings.